The molecule has 0 bridgehead atoms. The van der Waals surface area contributed by atoms with E-state index in [-0.39, 0.29) is 17.4 Å². The number of hydrogen-bond donors (Lipinski definition) is 3. The van der Waals surface area contributed by atoms with Gasteiger partial charge in [0.05, 0.1) is 12.6 Å². The zero-order valence-electron chi connectivity index (χ0n) is 12.2. The average molecular weight is 294 g/mol. The summed E-state index contributed by atoms with van der Waals surface area (Å²) >= 11 is 0. The monoisotopic (exact) mass is 294 g/mol. The van der Waals surface area contributed by atoms with Gasteiger partial charge in [0.2, 0.25) is 5.91 Å². The third kappa shape index (κ3) is 3.86. The molecule has 4 N–H and O–H groups in total. The summed E-state index contributed by atoms with van der Waals surface area (Å²) in [5.41, 5.74) is 6.69. The molecule has 1 aromatic carbocycles. The van der Waals surface area contributed by atoms with Gasteiger partial charge in [-0.1, -0.05) is 6.07 Å². The van der Waals surface area contributed by atoms with Crippen LogP contribution in [0.25, 0.3) is 0 Å². The molecular formula is C15H22N2O4. The van der Waals surface area contributed by atoms with E-state index in [2.05, 4.69) is 0 Å². The lowest BCUT2D eigenvalue weighted by Gasteiger charge is -2.21. The maximum absolute atomic E-state index is 12.3. The standard InChI is InChI=1S/C15H22N2O4/c1-21-9-11-4-5-17(8-11)15(20)12(16)6-10-2-3-13(18)14(19)7-10/h2-3,7,11-12,18-19H,4-6,8-9,16H2,1H3/t11?,12-/m0/s1. The Balaban J connectivity index is 1.92. The third-order valence-electron chi connectivity index (χ3n) is 3.81. The smallest absolute Gasteiger partial charge is 0.239 e. The van der Waals surface area contributed by atoms with Crippen molar-refractivity contribution in [3.63, 3.8) is 0 Å². The summed E-state index contributed by atoms with van der Waals surface area (Å²) in [7, 11) is 1.66. The van der Waals surface area contributed by atoms with Crippen molar-refractivity contribution in [2.75, 3.05) is 26.8 Å². The van der Waals surface area contributed by atoms with Crippen LogP contribution >= 0.6 is 0 Å². The van der Waals surface area contributed by atoms with Crippen LogP contribution < -0.4 is 5.73 Å². The molecule has 1 fully saturated rings. The van der Waals surface area contributed by atoms with Crippen LogP contribution in [0.4, 0.5) is 0 Å². The Kier molecular flexibility index (Phi) is 5.03. The first-order valence-electron chi connectivity index (χ1n) is 7.05. The van der Waals surface area contributed by atoms with Crippen LogP contribution in [0.3, 0.4) is 0 Å². The summed E-state index contributed by atoms with van der Waals surface area (Å²) in [4.78, 5) is 14.1. The van der Waals surface area contributed by atoms with E-state index < -0.39 is 6.04 Å². The second-order valence-corrected chi connectivity index (χ2v) is 5.53. The number of aromatic hydroxyl groups is 2. The van der Waals surface area contributed by atoms with Crippen molar-refractivity contribution < 1.29 is 19.7 Å². The van der Waals surface area contributed by atoms with E-state index in [1.165, 1.54) is 12.1 Å². The molecule has 1 unspecified atom stereocenters. The maximum atomic E-state index is 12.3. The predicted octanol–water partition coefficient (Wildman–Crippen LogP) is 0.463. The topological polar surface area (TPSA) is 96.0 Å². The van der Waals surface area contributed by atoms with E-state index in [9.17, 15) is 15.0 Å². The van der Waals surface area contributed by atoms with Crippen molar-refractivity contribution in [2.24, 2.45) is 11.7 Å². The van der Waals surface area contributed by atoms with E-state index in [1.807, 2.05) is 0 Å². The Hall–Kier alpha value is -1.79. The summed E-state index contributed by atoms with van der Waals surface area (Å²) in [5.74, 6) is -0.0842. The molecule has 0 aliphatic carbocycles. The molecule has 2 rings (SSSR count). The number of rotatable bonds is 5. The van der Waals surface area contributed by atoms with Crippen LogP contribution in [0.5, 0.6) is 11.5 Å². The highest BCUT2D eigenvalue weighted by atomic mass is 16.5. The minimum atomic E-state index is -0.643. The van der Waals surface area contributed by atoms with Gasteiger partial charge in [-0.05, 0) is 30.5 Å². The second kappa shape index (κ2) is 6.78. The molecule has 6 heteroatoms. The quantitative estimate of drug-likeness (QED) is 0.686. The van der Waals surface area contributed by atoms with Crippen molar-refractivity contribution in [1.82, 2.24) is 4.90 Å². The number of ether oxygens (including phenoxy) is 1. The van der Waals surface area contributed by atoms with Crippen LogP contribution in [-0.4, -0.2) is 53.9 Å². The maximum Gasteiger partial charge on any atom is 0.239 e. The Labute approximate surface area is 124 Å². The number of methoxy groups -OCH3 is 1. The first-order chi connectivity index (χ1) is 10.0. The van der Waals surface area contributed by atoms with Crippen molar-refractivity contribution in [3.8, 4) is 11.5 Å². The van der Waals surface area contributed by atoms with Gasteiger partial charge in [-0.2, -0.15) is 0 Å². The molecule has 1 amide bonds. The molecule has 116 valence electrons. The fraction of sp³-hybridized carbons (Fsp3) is 0.533. The van der Waals surface area contributed by atoms with Gasteiger partial charge < -0.3 is 25.6 Å². The summed E-state index contributed by atoms with van der Waals surface area (Å²) in [5, 5.41) is 18.7. The molecule has 1 aliphatic rings. The molecule has 2 atom stereocenters. The first-order valence-corrected chi connectivity index (χ1v) is 7.05. The number of carbonyl (C=O) groups is 1. The van der Waals surface area contributed by atoms with Crippen LogP contribution in [0.1, 0.15) is 12.0 Å². The van der Waals surface area contributed by atoms with Crippen LogP contribution in [0, 0.1) is 5.92 Å². The number of nitrogens with zero attached hydrogens (tertiary/aromatic N) is 1. The Morgan fingerprint density at radius 3 is 2.90 bits per heavy atom. The Bertz CT molecular complexity index is 506. The molecule has 0 saturated carbocycles. The second-order valence-electron chi connectivity index (χ2n) is 5.53. The molecule has 0 spiro atoms. The summed E-state index contributed by atoms with van der Waals surface area (Å²) < 4.78 is 5.11. The van der Waals surface area contributed by atoms with Crippen LogP contribution in [-0.2, 0) is 16.0 Å². The number of benzene rings is 1. The number of likely N-dealkylation sites (tertiary alicyclic amines) is 1. The number of nitrogens with two attached hydrogens (primary N) is 1. The van der Waals surface area contributed by atoms with E-state index in [0.717, 1.165) is 12.0 Å². The third-order valence-corrected chi connectivity index (χ3v) is 3.81. The van der Waals surface area contributed by atoms with Gasteiger partial charge in [-0.25, -0.2) is 0 Å². The van der Waals surface area contributed by atoms with Crippen LogP contribution in [0.2, 0.25) is 0 Å². The molecule has 1 aliphatic heterocycles. The molecule has 1 heterocycles. The molecule has 0 aromatic heterocycles. The van der Waals surface area contributed by atoms with E-state index >= 15 is 0 Å². The van der Waals surface area contributed by atoms with Gasteiger partial charge in [-0.15, -0.1) is 0 Å². The highest BCUT2D eigenvalue weighted by Crippen LogP contribution is 2.25. The fourth-order valence-corrected chi connectivity index (χ4v) is 2.68. The number of amides is 1. The summed E-state index contributed by atoms with van der Waals surface area (Å²) in [6, 6.07) is 3.84. The fourth-order valence-electron chi connectivity index (χ4n) is 2.68. The average Bonchev–Trinajstić information content (AvgIpc) is 2.91. The largest absolute Gasteiger partial charge is 0.504 e. The highest BCUT2D eigenvalue weighted by Gasteiger charge is 2.29. The van der Waals surface area contributed by atoms with Gasteiger partial charge in [0.25, 0.3) is 0 Å². The zero-order valence-corrected chi connectivity index (χ0v) is 12.2. The normalized spacial score (nSPS) is 19.7. The van der Waals surface area contributed by atoms with Crippen molar-refractivity contribution in [3.05, 3.63) is 23.8 Å². The van der Waals surface area contributed by atoms with E-state index in [0.29, 0.717) is 32.0 Å². The lowest BCUT2D eigenvalue weighted by Crippen LogP contribution is -2.44. The Morgan fingerprint density at radius 1 is 1.48 bits per heavy atom. The van der Waals surface area contributed by atoms with E-state index in [4.69, 9.17) is 10.5 Å². The Morgan fingerprint density at radius 2 is 2.24 bits per heavy atom. The van der Waals surface area contributed by atoms with Crippen LogP contribution in [0.15, 0.2) is 18.2 Å². The summed E-state index contributed by atoms with van der Waals surface area (Å²) in [6.07, 6.45) is 1.27. The number of hydrogen-bond acceptors (Lipinski definition) is 5. The van der Waals surface area contributed by atoms with Gasteiger partial charge in [0.1, 0.15) is 0 Å². The van der Waals surface area contributed by atoms with Crippen molar-refractivity contribution in [1.29, 1.82) is 0 Å². The van der Waals surface area contributed by atoms with Crippen molar-refractivity contribution in [2.45, 2.75) is 18.9 Å². The molecule has 1 saturated heterocycles. The first kappa shape index (κ1) is 15.6. The molecule has 1 aromatic rings. The minimum absolute atomic E-state index is 0.0823. The van der Waals surface area contributed by atoms with Gasteiger partial charge in [0.15, 0.2) is 11.5 Å². The van der Waals surface area contributed by atoms with Gasteiger partial charge in [-0.3, -0.25) is 4.79 Å². The zero-order chi connectivity index (χ0) is 15.4. The number of carbonyl (C=O) groups excluding carboxylic acids is 1. The number of phenolic OH excluding ortho intramolecular Hbond substituents is 2. The highest BCUT2D eigenvalue weighted by molar-refractivity contribution is 5.82. The predicted molar refractivity (Wildman–Crippen MR) is 78.0 cm³/mol. The molecular weight excluding hydrogens is 272 g/mol. The lowest BCUT2D eigenvalue weighted by molar-refractivity contribution is -0.131. The summed E-state index contributed by atoms with van der Waals surface area (Å²) in [6.45, 7) is 2.05. The van der Waals surface area contributed by atoms with E-state index in [1.54, 1.807) is 18.1 Å². The van der Waals surface area contributed by atoms with Gasteiger partial charge >= 0.3 is 0 Å². The van der Waals surface area contributed by atoms with Crippen molar-refractivity contribution >= 4 is 5.91 Å². The lowest BCUT2D eigenvalue weighted by atomic mass is 10.0. The molecule has 0 radical (unpaired) electrons. The molecule has 6 nitrogen and oxygen atoms in total. The number of phenols is 2. The molecule has 21 heavy (non-hydrogen) atoms. The minimum Gasteiger partial charge on any atom is -0.504 e. The SMILES string of the molecule is COCC1CCN(C(=O)[C@@H](N)Cc2ccc(O)c(O)c2)C1. The van der Waals surface area contributed by atoms with Gasteiger partial charge in [0, 0.05) is 26.1 Å².